The fourth-order valence-electron chi connectivity index (χ4n) is 2.01. The first-order chi connectivity index (χ1) is 9.47. The van der Waals surface area contributed by atoms with Crippen molar-refractivity contribution in [3.63, 3.8) is 0 Å². The molecule has 0 saturated carbocycles. The Labute approximate surface area is 114 Å². The predicted octanol–water partition coefficient (Wildman–Crippen LogP) is 3.79. The molecular formula is C14H13F3N2O. The van der Waals surface area contributed by atoms with E-state index in [0.29, 0.717) is 12.8 Å². The number of halogens is 3. The van der Waals surface area contributed by atoms with Gasteiger partial charge in [-0.15, -0.1) is 0 Å². The van der Waals surface area contributed by atoms with Crippen molar-refractivity contribution in [2.24, 2.45) is 0 Å². The maximum Gasteiger partial charge on any atom is 0.417 e. The molecule has 0 spiro atoms. The molecule has 0 fully saturated rings. The third-order valence-electron chi connectivity index (χ3n) is 2.86. The number of hydrogen-bond donors (Lipinski definition) is 0. The van der Waals surface area contributed by atoms with Crippen molar-refractivity contribution in [2.45, 2.75) is 26.1 Å². The van der Waals surface area contributed by atoms with Crippen molar-refractivity contribution < 1.29 is 18.0 Å². The zero-order valence-electron chi connectivity index (χ0n) is 10.8. The summed E-state index contributed by atoms with van der Waals surface area (Å²) in [6, 6.07) is 5.13. The number of hydrogen-bond acceptors (Lipinski definition) is 2. The number of aromatic nitrogens is 2. The molecule has 0 amide bonds. The van der Waals surface area contributed by atoms with Gasteiger partial charge in [0.1, 0.15) is 5.69 Å². The molecule has 0 aliphatic heterocycles. The molecule has 2 aromatic rings. The van der Waals surface area contributed by atoms with Gasteiger partial charge < -0.3 is 0 Å². The lowest BCUT2D eigenvalue weighted by molar-refractivity contribution is -0.137. The lowest BCUT2D eigenvalue weighted by atomic mass is 10.0. The summed E-state index contributed by atoms with van der Waals surface area (Å²) in [4.78, 5) is 11.0. The Bertz CT molecular complexity index is 617. The Hall–Kier alpha value is -2.11. The van der Waals surface area contributed by atoms with E-state index in [1.165, 1.54) is 29.1 Å². The fourth-order valence-corrected chi connectivity index (χ4v) is 2.01. The number of alkyl halides is 3. The topological polar surface area (TPSA) is 34.9 Å². The quantitative estimate of drug-likeness (QED) is 0.800. The summed E-state index contributed by atoms with van der Waals surface area (Å²) >= 11 is 0. The van der Waals surface area contributed by atoms with Crippen LogP contribution >= 0.6 is 0 Å². The van der Waals surface area contributed by atoms with Gasteiger partial charge in [-0.25, -0.2) is 0 Å². The fraction of sp³-hybridized carbons (Fsp3) is 0.286. The minimum Gasteiger partial charge on any atom is -0.298 e. The van der Waals surface area contributed by atoms with E-state index in [2.05, 4.69) is 5.10 Å². The highest BCUT2D eigenvalue weighted by molar-refractivity contribution is 5.86. The van der Waals surface area contributed by atoms with Gasteiger partial charge in [-0.2, -0.15) is 18.3 Å². The predicted molar refractivity (Wildman–Crippen MR) is 68.3 cm³/mol. The molecule has 3 nitrogen and oxygen atoms in total. The Morgan fingerprint density at radius 3 is 2.60 bits per heavy atom. The van der Waals surface area contributed by atoms with Gasteiger partial charge in [-0.1, -0.05) is 25.1 Å². The van der Waals surface area contributed by atoms with Gasteiger partial charge in [0.2, 0.25) is 0 Å². The summed E-state index contributed by atoms with van der Waals surface area (Å²) in [7, 11) is 0. The first-order valence-corrected chi connectivity index (χ1v) is 6.16. The summed E-state index contributed by atoms with van der Waals surface area (Å²) in [5.74, 6) is 0. The molecule has 6 heteroatoms. The number of nitrogens with zero attached hydrogens (tertiary/aromatic N) is 2. The second-order valence-electron chi connectivity index (χ2n) is 4.36. The molecule has 0 radical (unpaired) electrons. The van der Waals surface area contributed by atoms with Crippen molar-refractivity contribution in [3.05, 3.63) is 41.6 Å². The van der Waals surface area contributed by atoms with E-state index in [0.717, 1.165) is 12.5 Å². The highest BCUT2D eigenvalue weighted by Gasteiger charge is 2.34. The molecule has 0 N–H and O–H groups in total. The second kappa shape index (κ2) is 5.48. The van der Waals surface area contributed by atoms with E-state index >= 15 is 0 Å². The third-order valence-corrected chi connectivity index (χ3v) is 2.86. The van der Waals surface area contributed by atoms with Crippen LogP contribution in [0.25, 0.3) is 11.3 Å². The Morgan fingerprint density at radius 2 is 2.00 bits per heavy atom. The van der Waals surface area contributed by atoms with E-state index in [-0.39, 0.29) is 16.8 Å². The Kier molecular flexibility index (Phi) is 3.92. The molecule has 0 bridgehead atoms. The van der Waals surface area contributed by atoms with E-state index < -0.39 is 11.7 Å². The summed E-state index contributed by atoms with van der Waals surface area (Å²) in [6.45, 7) is 2.47. The minimum absolute atomic E-state index is 0.0707. The van der Waals surface area contributed by atoms with Crippen LogP contribution in [0.3, 0.4) is 0 Å². The smallest absolute Gasteiger partial charge is 0.298 e. The van der Waals surface area contributed by atoms with Crippen LogP contribution in [-0.2, 0) is 12.7 Å². The van der Waals surface area contributed by atoms with Crippen LogP contribution in [0.5, 0.6) is 0 Å². The maximum atomic E-state index is 13.0. The van der Waals surface area contributed by atoms with Crippen molar-refractivity contribution in [3.8, 4) is 11.3 Å². The molecule has 1 heterocycles. The molecular weight excluding hydrogens is 269 g/mol. The first kappa shape index (κ1) is 14.3. The van der Waals surface area contributed by atoms with Gasteiger partial charge in [0.05, 0.1) is 11.1 Å². The monoisotopic (exact) mass is 282 g/mol. The average molecular weight is 282 g/mol. The number of aldehydes is 1. The highest BCUT2D eigenvalue weighted by Crippen LogP contribution is 2.37. The second-order valence-corrected chi connectivity index (χ2v) is 4.36. The van der Waals surface area contributed by atoms with Crippen molar-refractivity contribution in [2.75, 3.05) is 0 Å². The summed E-state index contributed by atoms with van der Waals surface area (Å²) < 4.78 is 40.5. The van der Waals surface area contributed by atoms with Gasteiger partial charge in [0.15, 0.2) is 6.29 Å². The van der Waals surface area contributed by atoms with Gasteiger partial charge >= 0.3 is 6.18 Å². The molecule has 1 aromatic carbocycles. The highest BCUT2D eigenvalue weighted by atomic mass is 19.4. The molecule has 106 valence electrons. The number of rotatable bonds is 4. The van der Waals surface area contributed by atoms with Crippen molar-refractivity contribution >= 4 is 6.29 Å². The van der Waals surface area contributed by atoms with E-state index in [4.69, 9.17) is 0 Å². The first-order valence-electron chi connectivity index (χ1n) is 6.16. The number of benzene rings is 1. The van der Waals surface area contributed by atoms with Gasteiger partial charge in [-0.05, 0) is 12.5 Å². The Balaban J connectivity index is 2.59. The number of carbonyl (C=O) groups excluding carboxylic acids is 1. The molecule has 20 heavy (non-hydrogen) atoms. The van der Waals surface area contributed by atoms with Gasteiger partial charge in [-0.3, -0.25) is 9.48 Å². The molecule has 0 aliphatic rings. The summed E-state index contributed by atoms with van der Waals surface area (Å²) in [5, 5.41) is 4.10. The van der Waals surface area contributed by atoms with Crippen molar-refractivity contribution in [1.82, 2.24) is 9.78 Å². The van der Waals surface area contributed by atoms with Crippen LogP contribution in [0.2, 0.25) is 0 Å². The van der Waals surface area contributed by atoms with E-state index in [1.807, 2.05) is 6.92 Å². The molecule has 2 rings (SSSR count). The summed E-state index contributed by atoms with van der Waals surface area (Å²) in [6.07, 6.45) is -1.70. The molecule has 0 aliphatic carbocycles. The third kappa shape index (κ3) is 2.74. The van der Waals surface area contributed by atoms with E-state index in [1.54, 1.807) is 0 Å². The van der Waals surface area contributed by atoms with Crippen LogP contribution in [0.15, 0.2) is 30.5 Å². The lowest BCUT2D eigenvalue weighted by Gasteiger charge is -2.11. The summed E-state index contributed by atoms with van der Waals surface area (Å²) in [5.41, 5.74) is -0.627. The maximum absolute atomic E-state index is 13.0. The normalized spacial score (nSPS) is 11.6. The largest absolute Gasteiger partial charge is 0.417 e. The van der Waals surface area contributed by atoms with Crippen LogP contribution in [0.1, 0.15) is 29.3 Å². The minimum atomic E-state index is -4.48. The average Bonchev–Trinajstić information content (AvgIpc) is 2.81. The van der Waals surface area contributed by atoms with E-state index in [9.17, 15) is 18.0 Å². The van der Waals surface area contributed by atoms with Crippen LogP contribution in [-0.4, -0.2) is 16.1 Å². The molecule has 0 saturated heterocycles. The molecule has 0 atom stereocenters. The van der Waals surface area contributed by atoms with Gasteiger partial charge in [0.25, 0.3) is 0 Å². The zero-order valence-corrected chi connectivity index (χ0v) is 10.8. The van der Waals surface area contributed by atoms with Gasteiger partial charge in [0, 0.05) is 18.3 Å². The molecule has 1 aromatic heterocycles. The molecule has 0 unspecified atom stereocenters. The SMILES string of the molecule is CCCn1cc(C=O)c(-c2ccccc2C(F)(F)F)n1. The standard InChI is InChI=1S/C14H13F3N2O/c1-2-7-19-8-10(9-20)13(18-19)11-5-3-4-6-12(11)14(15,16)17/h3-6,8-9H,2,7H2,1H3. The van der Waals surface area contributed by atoms with Crippen LogP contribution in [0.4, 0.5) is 13.2 Å². The van der Waals surface area contributed by atoms with Crippen molar-refractivity contribution in [1.29, 1.82) is 0 Å². The van der Waals surface area contributed by atoms with Crippen LogP contribution in [0, 0.1) is 0 Å². The lowest BCUT2D eigenvalue weighted by Crippen LogP contribution is -2.07. The Morgan fingerprint density at radius 1 is 1.30 bits per heavy atom. The number of aryl methyl sites for hydroxylation is 1. The van der Waals surface area contributed by atoms with Crippen LogP contribution < -0.4 is 0 Å². The zero-order chi connectivity index (χ0) is 14.8. The number of carbonyl (C=O) groups is 1.